The zero-order valence-electron chi connectivity index (χ0n) is 15.7. The number of piperidine rings is 1. The van der Waals surface area contributed by atoms with E-state index in [-0.39, 0.29) is 4.90 Å². The fourth-order valence-corrected chi connectivity index (χ4v) is 5.81. The van der Waals surface area contributed by atoms with Gasteiger partial charge in [0.25, 0.3) is 5.22 Å². The van der Waals surface area contributed by atoms with Crippen molar-refractivity contribution in [1.82, 2.24) is 18.7 Å². The molecule has 0 atom stereocenters. The van der Waals surface area contributed by atoms with Gasteiger partial charge in [0.2, 0.25) is 10.0 Å². The van der Waals surface area contributed by atoms with Crippen LogP contribution in [0, 0.1) is 0 Å². The Balaban J connectivity index is 1.36. The van der Waals surface area contributed by atoms with Crippen LogP contribution in [0.4, 0.5) is 0 Å². The standard InChI is InChI=1S/C20H20N4O3S2/c25-29(26,24-10-3-1-4-11-24)16-7-8-18-17(12-16)22-20(27-18)28-14-15-13-23-9-5-2-6-19(23)21-15/h2,5-9,12-13H,1,3-4,10-11,14H2. The van der Waals surface area contributed by atoms with Crippen molar-refractivity contribution in [2.45, 2.75) is 35.1 Å². The van der Waals surface area contributed by atoms with E-state index in [1.807, 2.05) is 35.0 Å². The Labute approximate surface area is 172 Å². The van der Waals surface area contributed by atoms with Crippen LogP contribution >= 0.6 is 11.8 Å². The van der Waals surface area contributed by atoms with E-state index < -0.39 is 10.0 Å². The SMILES string of the molecule is O=S(=O)(c1ccc2oc(SCc3cn4ccccc4n3)nc2c1)N1CCCCC1. The fraction of sp³-hybridized carbons (Fsp3) is 0.300. The number of thioether (sulfide) groups is 1. The molecule has 0 radical (unpaired) electrons. The summed E-state index contributed by atoms with van der Waals surface area (Å²) in [5.41, 5.74) is 2.96. The smallest absolute Gasteiger partial charge is 0.257 e. The summed E-state index contributed by atoms with van der Waals surface area (Å²) < 4.78 is 35.1. The molecule has 29 heavy (non-hydrogen) atoms. The van der Waals surface area contributed by atoms with Crippen molar-refractivity contribution in [1.29, 1.82) is 0 Å². The van der Waals surface area contributed by atoms with Crippen LogP contribution in [0.5, 0.6) is 0 Å². The second-order valence-electron chi connectivity index (χ2n) is 7.06. The zero-order chi connectivity index (χ0) is 19.8. The van der Waals surface area contributed by atoms with E-state index in [1.165, 1.54) is 11.8 Å². The Hall–Kier alpha value is -2.36. The number of nitrogens with zero attached hydrogens (tertiary/aromatic N) is 4. The molecule has 0 bridgehead atoms. The van der Waals surface area contributed by atoms with Crippen LogP contribution in [0.2, 0.25) is 0 Å². The van der Waals surface area contributed by atoms with Crippen molar-refractivity contribution in [3.63, 3.8) is 0 Å². The highest BCUT2D eigenvalue weighted by Gasteiger charge is 2.26. The number of rotatable bonds is 5. The molecule has 3 aromatic heterocycles. The number of imidazole rings is 1. The number of oxazole rings is 1. The Bertz CT molecular complexity index is 1240. The van der Waals surface area contributed by atoms with Crippen LogP contribution in [0.25, 0.3) is 16.7 Å². The molecule has 0 unspecified atom stereocenters. The minimum absolute atomic E-state index is 0.275. The highest BCUT2D eigenvalue weighted by atomic mass is 32.2. The summed E-state index contributed by atoms with van der Waals surface area (Å²) in [5, 5.41) is 0.504. The van der Waals surface area contributed by atoms with E-state index in [0.717, 1.165) is 30.6 Å². The van der Waals surface area contributed by atoms with E-state index >= 15 is 0 Å². The Morgan fingerprint density at radius 1 is 1.07 bits per heavy atom. The van der Waals surface area contributed by atoms with Gasteiger partial charge in [-0.25, -0.2) is 18.4 Å². The molecule has 1 saturated heterocycles. The highest BCUT2D eigenvalue weighted by molar-refractivity contribution is 7.98. The summed E-state index contributed by atoms with van der Waals surface area (Å²) in [4.78, 5) is 9.32. The molecule has 1 aliphatic heterocycles. The third kappa shape index (κ3) is 3.65. The summed E-state index contributed by atoms with van der Waals surface area (Å²) in [6.45, 7) is 1.17. The first-order valence-electron chi connectivity index (χ1n) is 9.56. The van der Waals surface area contributed by atoms with Crippen LogP contribution < -0.4 is 0 Å². The molecule has 0 N–H and O–H groups in total. The van der Waals surface area contributed by atoms with Crippen molar-refractivity contribution in [3.8, 4) is 0 Å². The first kappa shape index (κ1) is 18.7. The minimum atomic E-state index is -3.48. The van der Waals surface area contributed by atoms with Gasteiger partial charge in [0, 0.05) is 31.2 Å². The van der Waals surface area contributed by atoms with Crippen LogP contribution in [-0.4, -0.2) is 40.2 Å². The van der Waals surface area contributed by atoms with E-state index in [9.17, 15) is 8.42 Å². The quantitative estimate of drug-likeness (QED) is 0.448. The third-order valence-electron chi connectivity index (χ3n) is 5.05. The molecular weight excluding hydrogens is 408 g/mol. The fourth-order valence-electron chi connectivity index (χ4n) is 3.56. The number of benzene rings is 1. The van der Waals surface area contributed by atoms with Gasteiger partial charge in [0.05, 0.1) is 10.6 Å². The van der Waals surface area contributed by atoms with E-state index in [2.05, 4.69) is 9.97 Å². The molecule has 0 spiro atoms. The van der Waals surface area contributed by atoms with Gasteiger partial charge in [-0.15, -0.1) is 0 Å². The summed E-state index contributed by atoms with van der Waals surface area (Å²) in [6, 6.07) is 10.8. The molecule has 4 aromatic rings. The molecule has 0 saturated carbocycles. The van der Waals surface area contributed by atoms with Gasteiger partial charge in [0.1, 0.15) is 11.2 Å². The number of fused-ring (bicyclic) bond motifs is 2. The number of sulfonamides is 1. The predicted octanol–water partition coefficient (Wildman–Crippen LogP) is 3.94. The zero-order valence-corrected chi connectivity index (χ0v) is 17.3. The molecular formula is C20H20N4O3S2. The second kappa shape index (κ2) is 7.47. The summed E-state index contributed by atoms with van der Waals surface area (Å²) >= 11 is 1.44. The van der Waals surface area contributed by atoms with Crippen molar-refractivity contribution in [2.24, 2.45) is 0 Å². The maximum absolute atomic E-state index is 12.9. The number of pyridine rings is 1. The normalized spacial score (nSPS) is 16.0. The third-order valence-corrected chi connectivity index (χ3v) is 7.81. The first-order valence-corrected chi connectivity index (χ1v) is 12.0. The molecule has 5 rings (SSSR count). The number of hydrogen-bond donors (Lipinski definition) is 0. The van der Waals surface area contributed by atoms with Crippen LogP contribution in [0.1, 0.15) is 25.0 Å². The molecule has 0 amide bonds. The molecule has 0 aliphatic carbocycles. The molecule has 9 heteroatoms. The Morgan fingerprint density at radius 3 is 2.76 bits per heavy atom. The average Bonchev–Trinajstić information content (AvgIpc) is 3.35. The van der Waals surface area contributed by atoms with Gasteiger partial charge in [-0.3, -0.25) is 0 Å². The van der Waals surface area contributed by atoms with Gasteiger partial charge in [0.15, 0.2) is 5.58 Å². The van der Waals surface area contributed by atoms with Gasteiger partial charge in [-0.1, -0.05) is 24.2 Å². The van der Waals surface area contributed by atoms with E-state index in [0.29, 0.717) is 35.2 Å². The minimum Gasteiger partial charge on any atom is -0.431 e. The lowest BCUT2D eigenvalue weighted by Crippen LogP contribution is -2.35. The highest BCUT2D eigenvalue weighted by Crippen LogP contribution is 2.29. The number of hydrogen-bond acceptors (Lipinski definition) is 6. The van der Waals surface area contributed by atoms with E-state index in [1.54, 1.807) is 22.5 Å². The van der Waals surface area contributed by atoms with Crippen LogP contribution in [0.15, 0.2) is 63.3 Å². The van der Waals surface area contributed by atoms with Gasteiger partial charge >= 0.3 is 0 Å². The number of aromatic nitrogens is 3. The van der Waals surface area contributed by atoms with Crippen molar-refractivity contribution in [2.75, 3.05) is 13.1 Å². The second-order valence-corrected chi connectivity index (χ2v) is 9.93. The van der Waals surface area contributed by atoms with E-state index in [4.69, 9.17) is 4.42 Å². The van der Waals surface area contributed by atoms with Gasteiger partial charge in [-0.2, -0.15) is 4.31 Å². The van der Waals surface area contributed by atoms with Crippen molar-refractivity contribution in [3.05, 3.63) is 54.5 Å². The van der Waals surface area contributed by atoms with Crippen LogP contribution in [-0.2, 0) is 15.8 Å². The molecule has 4 heterocycles. The Morgan fingerprint density at radius 2 is 1.93 bits per heavy atom. The predicted molar refractivity (Wildman–Crippen MR) is 111 cm³/mol. The largest absolute Gasteiger partial charge is 0.431 e. The molecule has 150 valence electrons. The maximum atomic E-state index is 12.9. The first-order chi connectivity index (χ1) is 14.1. The molecule has 1 aliphatic rings. The van der Waals surface area contributed by atoms with Crippen molar-refractivity contribution < 1.29 is 12.8 Å². The monoisotopic (exact) mass is 428 g/mol. The molecule has 7 nitrogen and oxygen atoms in total. The topological polar surface area (TPSA) is 80.7 Å². The summed E-state index contributed by atoms with van der Waals surface area (Å²) in [7, 11) is -3.48. The average molecular weight is 429 g/mol. The van der Waals surface area contributed by atoms with Crippen LogP contribution in [0.3, 0.4) is 0 Å². The lowest BCUT2D eigenvalue weighted by molar-refractivity contribution is 0.346. The maximum Gasteiger partial charge on any atom is 0.257 e. The lowest BCUT2D eigenvalue weighted by atomic mass is 10.2. The molecule has 1 aromatic carbocycles. The summed E-state index contributed by atoms with van der Waals surface area (Å²) in [6.07, 6.45) is 6.85. The van der Waals surface area contributed by atoms with Crippen molar-refractivity contribution >= 4 is 38.5 Å². The van der Waals surface area contributed by atoms with Gasteiger partial charge < -0.3 is 8.82 Å². The summed E-state index contributed by atoms with van der Waals surface area (Å²) in [5.74, 6) is 0.618. The lowest BCUT2D eigenvalue weighted by Gasteiger charge is -2.25. The van der Waals surface area contributed by atoms with Gasteiger partial charge in [-0.05, 0) is 43.2 Å². The Kier molecular flexibility index (Phi) is 4.81. The molecule has 1 fully saturated rings.